The van der Waals surface area contributed by atoms with Crippen molar-refractivity contribution in [2.75, 3.05) is 11.5 Å². The first-order chi connectivity index (χ1) is 9.18. The van der Waals surface area contributed by atoms with Gasteiger partial charge in [0.05, 0.1) is 5.69 Å². The number of carboxylic acids is 1. The molecule has 2 aliphatic heterocycles. The summed E-state index contributed by atoms with van der Waals surface area (Å²) in [5.74, 6) is 2.70. The minimum atomic E-state index is -0.947. The third-order valence-corrected chi connectivity index (χ3v) is 5.12. The molecule has 0 aromatic carbocycles. The number of nitrogens with two attached hydrogens (primary N) is 1. The van der Waals surface area contributed by atoms with Crippen LogP contribution in [0.4, 0.5) is 0 Å². The second-order valence-corrected chi connectivity index (χ2v) is 6.52. The number of thioether (sulfide) groups is 1. The lowest BCUT2D eigenvalue weighted by molar-refractivity contribution is 0.0688. The number of aromatic nitrogens is 2. The van der Waals surface area contributed by atoms with Crippen molar-refractivity contribution in [1.82, 2.24) is 9.55 Å². The van der Waals surface area contributed by atoms with Gasteiger partial charge in [0.2, 0.25) is 0 Å². The predicted molar refractivity (Wildman–Crippen MR) is 74.6 cm³/mol. The molecule has 3 rings (SSSR count). The van der Waals surface area contributed by atoms with E-state index in [0.717, 1.165) is 55.3 Å². The van der Waals surface area contributed by atoms with Crippen LogP contribution >= 0.6 is 11.8 Å². The summed E-state index contributed by atoms with van der Waals surface area (Å²) >= 11 is 1.97. The first kappa shape index (κ1) is 13.0. The molecule has 0 bridgehead atoms. The molecule has 0 spiro atoms. The zero-order valence-electron chi connectivity index (χ0n) is 10.8. The summed E-state index contributed by atoms with van der Waals surface area (Å²) in [6.07, 6.45) is 4.05. The van der Waals surface area contributed by atoms with Gasteiger partial charge in [0.1, 0.15) is 5.82 Å². The fraction of sp³-hybridized carbons (Fsp3) is 0.692. The lowest BCUT2D eigenvalue weighted by Gasteiger charge is -2.26. The minimum absolute atomic E-state index is 0.181. The summed E-state index contributed by atoms with van der Waals surface area (Å²) in [6.45, 7) is 0.863. The molecule has 0 amide bonds. The standard InChI is InChI=1S/C13H19N3O2S/c14-9-2-1-5-16-11(9)10(13(17)18)15-12(16)8-3-6-19-7-4-8/h8-9H,1-7,14H2,(H,17,18). The molecule has 2 aliphatic rings. The van der Waals surface area contributed by atoms with E-state index in [4.69, 9.17) is 5.73 Å². The summed E-state index contributed by atoms with van der Waals surface area (Å²) in [5, 5.41) is 9.33. The van der Waals surface area contributed by atoms with E-state index in [-0.39, 0.29) is 11.7 Å². The number of nitrogens with zero attached hydrogens (tertiary/aromatic N) is 2. The number of rotatable bonds is 2. The van der Waals surface area contributed by atoms with E-state index in [1.54, 1.807) is 0 Å². The molecule has 3 N–H and O–H groups in total. The van der Waals surface area contributed by atoms with E-state index in [0.29, 0.717) is 5.92 Å². The van der Waals surface area contributed by atoms with Gasteiger partial charge in [0, 0.05) is 18.5 Å². The van der Waals surface area contributed by atoms with Crippen LogP contribution < -0.4 is 5.73 Å². The summed E-state index contributed by atoms with van der Waals surface area (Å²) in [4.78, 5) is 15.8. The van der Waals surface area contributed by atoms with Crippen LogP contribution in [0.2, 0.25) is 0 Å². The zero-order chi connectivity index (χ0) is 13.4. The number of fused-ring (bicyclic) bond motifs is 1. The summed E-state index contributed by atoms with van der Waals surface area (Å²) in [5.41, 5.74) is 7.02. The average Bonchev–Trinajstić information content (AvgIpc) is 2.81. The maximum absolute atomic E-state index is 11.4. The molecule has 1 unspecified atom stereocenters. The summed E-state index contributed by atoms with van der Waals surface area (Å²) < 4.78 is 2.10. The monoisotopic (exact) mass is 281 g/mol. The van der Waals surface area contributed by atoms with E-state index in [9.17, 15) is 9.90 Å². The van der Waals surface area contributed by atoms with E-state index in [2.05, 4.69) is 9.55 Å². The summed E-state index contributed by atoms with van der Waals surface area (Å²) in [6, 6.07) is -0.181. The molecule has 3 heterocycles. The Labute approximate surface area is 116 Å². The van der Waals surface area contributed by atoms with Crippen LogP contribution in [0.5, 0.6) is 0 Å². The van der Waals surface area contributed by atoms with Gasteiger partial charge >= 0.3 is 5.97 Å². The van der Waals surface area contributed by atoms with Crippen LogP contribution in [0.1, 0.15) is 59.6 Å². The van der Waals surface area contributed by atoms with Gasteiger partial charge in [-0.2, -0.15) is 11.8 Å². The highest BCUT2D eigenvalue weighted by Crippen LogP contribution is 2.35. The normalized spacial score (nSPS) is 24.2. The molecule has 6 heteroatoms. The van der Waals surface area contributed by atoms with E-state index < -0.39 is 5.97 Å². The van der Waals surface area contributed by atoms with Gasteiger partial charge in [0.25, 0.3) is 0 Å². The molecule has 0 radical (unpaired) electrons. The number of hydrogen-bond donors (Lipinski definition) is 2. The van der Waals surface area contributed by atoms with Gasteiger partial charge in [-0.05, 0) is 37.2 Å². The van der Waals surface area contributed by atoms with Crippen molar-refractivity contribution in [1.29, 1.82) is 0 Å². The highest BCUT2D eigenvalue weighted by atomic mass is 32.2. The summed E-state index contributed by atoms with van der Waals surface area (Å²) in [7, 11) is 0. The Kier molecular flexibility index (Phi) is 3.54. The van der Waals surface area contributed by atoms with E-state index in [1.165, 1.54) is 0 Å². The van der Waals surface area contributed by atoms with Crippen LogP contribution in [0, 0.1) is 0 Å². The Morgan fingerprint density at radius 1 is 1.37 bits per heavy atom. The SMILES string of the molecule is NC1CCCn2c(C3CCSCC3)nc(C(=O)O)c21. The van der Waals surface area contributed by atoms with Crippen molar-refractivity contribution in [2.45, 2.75) is 44.2 Å². The Hall–Kier alpha value is -1.01. The highest BCUT2D eigenvalue weighted by Gasteiger charge is 2.32. The van der Waals surface area contributed by atoms with Crippen LogP contribution in [0.25, 0.3) is 0 Å². The van der Waals surface area contributed by atoms with Crippen molar-refractivity contribution in [3.05, 3.63) is 17.2 Å². The third kappa shape index (κ3) is 2.27. The molecule has 1 saturated heterocycles. The quantitative estimate of drug-likeness (QED) is 0.866. The molecule has 1 fully saturated rings. The fourth-order valence-corrected chi connectivity index (χ4v) is 4.23. The van der Waals surface area contributed by atoms with Crippen molar-refractivity contribution in [3.8, 4) is 0 Å². The molecular weight excluding hydrogens is 262 g/mol. The molecule has 104 valence electrons. The molecule has 0 saturated carbocycles. The average molecular weight is 281 g/mol. The lowest BCUT2D eigenvalue weighted by atomic mass is 10.00. The van der Waals surface area contributed by atoms with Crippen molar-refractivity contribution in [2.24, 2.45) is 5.73 Å². The number of imidazole rings is 1. The first-order valence-electron chi connectivity index (χ1n) is 6.85. The maximum atomic E-state index is 11.4. The number of hydrogen-bond acceptors (Lipinski definition) is 4. The second kappa shape index (κ2) is 5.17. The van der Waals surface area contributed by atoms with Gasteiger partial charge in [-0.25, -0.2) is 9.78 Å². The van der Waals surface area contributed by atoms with Crippen molar-refractivity contribution < 1.29 is 9.90 Å². The Morgan fingerprint density at radius 2 is 2.11 bits per heavy atom. The molecule has 5 nitrogen and oxygen atoms in total. The van der Waals surface area contributed by atoms with Gasteiger partial charge in [-0.3, -0.25) is 0 Å². The van der Waals surface area contributed by atoms with Gasteiger partial charge < -0.3 is 15.4 Å². The van der Waals surface area contributed by atoms with Crippen LogP contribution in [0.15, 0.2) is 0 Å². The van der Waals surface area contributed by atoms with Gasteiger partial charge in [0.15, 0.2) is 5.69 Å². The lowest BCUT2D eigenvalue weighted by Crippen LogP contribution is -2.25. The second-order valence-electron chi connectivity index (χ2n) is 5.30. The fourth-order valence-electron chi connectivity index (χ4n) is 3.13. The molecule has 19 heavy (non-hydrogen) atoms. The molecule has 1 aromatic rings. The smallest absolute Gasteiger partial charge is 0.356 e. The third-order valence-electron chi connectivity index (χ3n) is 4.07. The maximum Gasteiger partial charge on any atom is 0.356 e. The predicted octanol–water partition coefficient (Wildman–Crippen LogP) is 1.99. The molecule has 1 atom stereocenters. The Balaban J connectivity index is 2.04. The number of carboxylic acid groups (broad SMARTS) is 1. The van der Waals surface area contributed by atoms with Crippen LogP contribution in [-0.4, -0.2) is 32.1 Å². The molecule has 1 aromatic heterocycles. The zero-order valence-corrected chi connectivity index (χ0v) is 11.7. The van der Waals surface area contributed by atoms with Crippen LogP contribution in [-0.2, 0) is 6.54 Å². The first-order valence-corrected chi connectivity index (χ1v) is 8.01. The number of carbonyl (C=O) groups is 1. The number of aromatic carboxylic acids is 1. The molecular formula is C13H19N3O2S. The van der Waals surface area contributed by atoms with Crippen molar-refractivity contribution in [3.63, 3.8) is 0 Å². The van der Waals surface area contributed by atoms with Gasteiger partial charge in [-0.1, -0.05) is 0 Å². The topological polar surface area (TPSA) is 81.1 Å². The van der Waals surface area contributed by atoms with E-state index in [1.807, 2.05) is 11.8 Å². The van der Waals surface area contributed by atoms with Gasteiger partial charge in [-0.15, -0.1) is 0 Å². The Morgan fingerprint density at radius 3 is 2.79 bits per heavy atom. The minimum Gasteiger partial charge on any atom is -0.476 e. The Bertz CT molecular complexity index is 494. The molecule has 0 aliphatic carbocycles. The highest BCUT2D eigenvalue weighted by molar-refractivity contribution is 7.99. The van der Waals surface area contributed by atoms with E-state index >= 15 is 0 Å². The largest absolute Gasteiger partial charge is 0.476 e. The van der Waals surface area contributed by atoms with Crippen molar-refractivity contribution >= 4 is 17.7 Å². The van der Waals surface area contributed by atoms with Crippen LogP contribution in [0.3, 0.4) is 0 Å².